The summed E-state index contributed by atoms with van der Waals surface area (Å²) in [7, 11) is 0. The van der Waals surface area contributed by atoms with Crippen molar-refractivity contribution >= 4 is 74.2 Å². The molecule has 2 aliphatic rings. The molecule has 1 spiro atoms. The van der Waals surface area contributed by atoms with E-state index in [1.807, 2.05) is 0 Å². The summed E-state index contributed by atoms with van der Waals surface area (Å²) in [5, 5.41) is 0. The van der Waals surface area contributed by atoms with Crippen molar-refractivity contribution < 1.29 is 9.47 Å². The fourth-order valence-corrected chi connectivity index (χ4v) is 9.92. The maximum absolute atomic E-state index is 6.01. The summed E-state index contributed by atoms with van der Waals surface area (Å²) in [5.74, 6) is -0.520. The van der Waals surface area contributed by atoms with Crippen molar-refractivity contribution in [3.63, 3.8) is 0 Å². The van der Waals surface area contributed by atoms with E-state index in [2.05, 4.69) is 57.3 Å². The first kappa shape index (κ1) is 12.1. The first-order valence-corrected chi connectivity index (χ1v) is 10.7. The van der Waals surface area contributed by atoms with Crippen LogP contribution in [0.3, 0.4) is 0 Å². The fourth-order valence-electron chi connectivity index (χ4n) is 2.42. The Hall–Kier alpha value is 1.38. The van der Waals surface area contributed by atoms with Gasteiger partial charge in [0, 0.05) is 0 Å². The van der Waals surface area contributed by atoms with E-state index in [1.165, 1.54) is 16.0 Å². The molecule has 4 rings (SSSR count). The van der Waals surface area contributed by atoms with Gasteiger partial charge >= 0.3 is 140 Å². The summed E-state index contributed by atoms with van der Waals surface area (Å²) in [6.45, 7) is 1.42. The minimum absolute atomic E-state index is 0.478. The van der Waals surface area contributed by atoms with Gasteiger partial charge in [-0.25, -0.2) is 0 Å². The fraction of sp³-hybridized carbons (Fsp3) is 0.273. The number of rotatable bonds is 0. The normalized spacial score (nSPS) is 19.9. The summed E-state index contributed by atoms with van der Waals surface area (Å²) in [6.07, 6.45) is 0. The van der Waals surface area contributed by atoms with E-state index < -0.39 is 5.79 Å². The molecule has 17 heavy (non-hydrogen) atoms. The molecule has 2 nitrogen and oxygen atoms in total. The first-order chi connectivity index (χ1) is 8.21. The standard InChI is InChI=1S/C11H6I2O2Se2/c12-7-3-5-9(16-7)10-6(4-8(13)17-10)11(5)14-1-2-15-11/h3-4H,1-2H2. The second-order valence-electron chi connectivity index (χ2n) is 3.90. The van der Waals surface area contributed by atoms with Crippen LogP contribution in [0.25, 0.3) is 8.87 Å². The second kappa shape index (κ2) is 4.18. The number of hydrogen-bond acceptors (Lipinski definition) is 2. The Balaban J connectivity index is 2.06. The Bertz CT molecular complexity index is 563. The monoisotopic (exact) mass is 584 g/mol. The number of hydrogen-bond donors (Lipinski definition) is 0. The van der Waals surface area contributed by atoms with Crippen LogP contribution in [0.2, 0.25) is 0 Å². The third kappa shape index (κ3) is 1.62. The SMILES string of the molecule is Ic1cc2c([se]1)-c1[se]c(I)cc1C21OCCO1. The molecule has 0 atom stereocenters. The zero-order chi connectivity index (χ0) is 11.6. The average Bonchev–Trinajstić information content (AvgIpc) is 2.96. The molecule has 0 aromatic carbocycles. The van der Waals surface area contributed by atoms with Gasteiger partial charge in [-0.05, 0) is 0 Å². The molecule has 0 saturated carbocycles. The van der Waals surface area contributed by atoms with E-state index in [1.54, 1.807) is 8.87 Å². The van der Waals surface area contributed by atoms with Crippen LogP contribution in [0, 0.1) is 4.89 Å². The first-order valence-electron chi connectivity index (χ1n) is 5.08. The van der Waals surface area contributed by atoms with Crippen LogP contribution in [0.15, 0.2) is 12.1 Å². The Morgan fingerprint density at radius 2 is 1.41 bits per heavy atom. The van der Waals surface area contributed by atoms with E-state index in [0.29, 0.717) is 42.2 Å². The maximum atomic E-state index is 6.01. The van der Waals surface area contributed by atoms with Crippen molar-refractivity contribution in [1.82, 2.24) is 0 Å². The predicted molar refractivity (Wildman–Crippen MR) is 83.9 cm³/mol. The van der Waals surface area contributed by atoms with Gasteiger partial charge in [-0.15, -0.1) is 0 Å². The average molecular weight is 582 g/mol. The summed E-state index contributed by atoms with van der Waals surface area (Å²) >= 11 is 5.86. The number of fused-ring (bicyclic) bond motifs is 5. The van der Waals surface area contributed by atoms with Crippen molar-refractivity contribution in [3.05, 3.63) is 28.1 Å². The second-order valence-corrected chi connectivity index (χ2v) is 13.9. The topological polar surface area (TPSA) is 18.5 Å². The summed E-state index contributed by atoms with van der Waals surface area (Å²) < 4.78 is 18.0. The van der Waals surface area contributed by atoms with Gasteiger partial charge in [0.25, 0.3) is 0 Å². The molecular weight excluding hydrogens is 576 g/mol. The molecule has 2 aromatic rings. The van der Waals surface area contributed by atoms with Gasteiger partial charge in [-0.2, -0.15) is 0 Å². The minimum atomic E-state index is -0.520. The van der Waals surface area contributed by atoms with E-state index in [0.717, 1.165) is 0 Å². The molecule has 0 N–H and O–H groups in total. The van der Waals surface area contributed by atoms with Crippen molar-refractivity contribution in [2.24, 2.45) is 0 Å². The van der Waals surface area contributed by atoms with Gasteiger partial charge in [-0.1, -0.05) is 0 Å². The third-order valence-electron chi connectivity index (χ3n) is 3.01. The van der Waals surface area contributed by atoms with E-state index in [4.69, 9.17) is 9.47 Å². The van der Waals surface area contributed by atoms with Gasteiger partial charge in [0.1, 0.15) is 0 Å². The number of halogens is 2. The van der Waals surface area contributed by atoms with Crippen LogP contribution < -0.4 is 0 Å². The Kier molecular flexibility index (Phi) is 2.99. The van der Waals surface area contributed by atoms with Crippen LogP contribution >= 0.6 is 45.2 Å². The molecule has 88 valence electrons. The summed E-state index contributed by atoms with van der Waals surface area (Å²) in [6, 6.07) is 4.58. The zero-order valence-corrected chi connectivity index (χ0v) is 16.2. The molecule has 3 heterocycles. The van der Waals surface area contributed by atoms with Gasteiger partial charge in [0.2, 0.25) is 0 Å². The number of ether oxygens (including phenoxy) is 2. The zero-order valence-electron chi connectivity index (χ0n) is 8.46. The van der Waals surface area contributed by atoms with Gasteiger partial charge < -0.3 is 0 Å². The van der Waals surface area contributed by atoms with Crippen molar-refractivity contribution in [2.75, 3.05) is 13.2 Å². The van der Waals surface area contributed by atoms with Crippen LogP contribution in [0.1, 0.15) is 11.1 Å². The van der Waals surface area contributed by atoms with Crippen LogP contribution in [-0.2, 0) is 15.3 Å². The van der Waals surface area contributed by atoms with Crippen LogP contribution in [-0.4, -0.2) is 42.2 Å². The Labute approximate surface area is 138 Å². The van der Waals surface area contributed by atoms with Crippen LogP contribution in [0.5, 0.6) is 0 Å². The molecule has 2 aromatic heterocycles. The molecule has 1 fully saturated rings. The van der Waals surface area contributed by atoms with E-state index in [-0.39, 0.29) is 0 Å². The Morgan fingerprint density at radius 3 is 1.88 bits per heavy atom. The van der Waals surface area contributed by atoms with Crippen LogP contribution in [0.4, 0.5) is 0 Å². The molecule has 0 amide bonds. The summed E-state index contributed by atoms with van der Waals surface area (Å²) in [4.78, 5) is 0. The molecular formula is C11H6I2O2Se2. The summed E-state index contributed by atoms with van der Waals surface area (Å²) in [5.41, 5.74) is 2.62. The van der Waals surface area contributed by atoms with Crippen molar-refractivity contribution in [2.45, 2.75) is 5.79 Å². The van der Waals surface area contributed by atoms with Gasteiger partial charge in [0.05, 0.1) is 0 Å². The molecule has 0 unspecified atom stereocenters. The molecule has 1 aliphatic heterocycles. The molecule has 1 saturated heterocycles. The van der Waals surface area contributed by atoms with E-state index in [9.17, 15) is 0 Å². The molecule has 0 radical (unpaired) electrons. The molecule has 1 aliphatic carbocycles. The van der Waals surface area contributed by atoms with Gasteiger partial charge in [0.15, 0.2) is 0 Å². The molecule has 6 heteroatoms. The van der Waals surface area contributed by atoms with Crippen molar-refractivity contribution in [1.29, 1.82) is 0 Å². The van der Waals surface area contributed by atoms with E-state index >= 15 is 0 Å². The third-order valence-corrected chi connectivity index (χ3v) is 10.5. The molecule has 0 bridgehead atoms. The quantitative estimate of drug-likeness (QED) is 0.351. The predicted octanol–water partition coefficient (Wildman–Crippen LogP) is 2.24. The van der Waals surface area contributed by atoms with Gasteiger partial charge in [-0.3, -0.25) is 0 Å². The van der Waals surface area contributed by atoms with Crippen molar-refractivity contribution in [3.8, 4) is 8.87 Å². The Morgan fingerprint density at radius 1 is 0.941 bits per heavy atom.